The third kappa shape index (κ3) is 6.68. The Hall–Kier alpha value is -4.92. The number of hydrogen-bond acceptors (Lipinski definition) is 4. The molecule has 0 fully saturated rings. The molecule has 1 heterocycles. The highest BCUT2D eigenvalue weighted by molar-refractivity contribution is 6.11. The van der Waals surface area contributed by atoms with Gasteiger partial charge in [0.2, 0.25) is 11.8 Å². The lowest BCUT2D eigenvalue weighted by atomic mass is 9.82. The molecule has 4 amide bonds. The zero-order valence-electron chi connectivity index (χ0n) is 24.1. The number of carbonyl (C=O) groups excluding carboxylic acids is 3. The van der Waals surface area contributed by atoms with Crippen LogP contribution in [0, 0.1) is 11.8 Å². The smallest absolute Gasteiger partial charge is 0.405 e. The van der Waals surface area contributed by atoms with E-state index in [0.29, 0.717) is 28.1 Å². The minimum absolute atomic E-state index is 0.106. The van der Waals surface area contributed by atoms with E-state index in [-0.39, 0.29) is 29.7 Å². The van der Waals surface area contributed by atoms with Gasteiger partial charge in [-0.25, -0.2) is 4.79 Å². The summed E-state index contributed by atoms with van der Waals surface area (Å²) in [5.41, 5.74) is 4.33. The van der Waals surface area contributed by atoms with Gasteiger partial charge in [-0.15, -0.1) is 0 Å². The van der Waals surface area contributed by atoms with Crippen molar-refractivity contribution in [3.05, 3.63) is 90.0 Å². The lowest BCUT2D eigenvalue weighted by Crippen LogP contribution is -2.46. The molecule has 4 rings (SSSR count). The maximum Gasteiger partial charge on any atom is 0.405 e. The molecule has 0 saturated heterocycles. The Labute approximate surface area is 245 Å². The van der Waals surface area contributed by atoms with Gasteiger partial charge < -0.3 is 26.4 Å². The Bertz CT molecular complexity index is 1530. The van der Waals surface area contributed by atoms with E-state index >= 15 is 0 Å². The third-order valence-electron chi connectivity index (χ3n) is 7.49. The fraction of sp³-hybridized carbons (Fsp3) is 0.273. The number of anilines is 2. The van der Waals surface area contributed by atoms with Crippen LogP contribution in [0.25, 0.3) is 16.7 Å². The second kappa shape index (κ2) is 13.2. The van der Waals surface area contributed by atoms with E-state index in [1.807, 2.05) is 50.2 Å². The number of hydrogen-bond donors (Lipinski definition) is 5. The first-order chi connectivity index (χ1) is 20.1. The first kappa shape index (κ1) is 30.0. The van der Waals surface area contributed by atoms with Gasteiger partial charge in [-0.2, -0.15) is 0 Å². The maximum absolute atomic E-state index is 13.5. The average Bonchev–Trinajstić information content (AvgIpc) is 2.97. The van der Waals surface area contributed by atoms with Crippen molar-refractivity contribution in [2.45, 2.75) is 46.2 Å². The Morgan fingerprint density at radius 2 is 1.36 bits per heavy atom. The minimum atomic E-state index is -1.28. The van der Waals surface area contributed by atoms with Crippen molar-refractivity contribution in [1.29, 1.82) is 0 Å². The van der Waals surface area contributed by atoms with Crippen LogP contribution in [0.15, 0.2) is 78.9 Å². The second-order valence-electron chi connectivity index (χ2n) is 10.7. The largest absolute Gasteiger partial charge is 0.465 e. The number of carboxylic acid groups (broad SMARTS) is 1. The van der Waals surface area contributed by atoms with E-state index in [0.717, 1.165) is 17.6 Å². The predicted octanol–water partition coefficient (Wildman–Crippen LogP) is 5.76. The fourth-order valence-corrected chi connectivity index (χ4v) is 5.09. The van der Waals surface area contributed by atoms with E-state index < -0.39 is 18.0 Å². The van der Waals surface area contributed by atoms with Crippen LogP contribution in [0.4, 0.5) is 16.2 Å². The van der Waals surface area contributed by atoms with E-state index in [4.69, 9.17) is 0 Å². The summed E-state index contributed by atoms with van der Waals surface area (Å²) in [5.74, 6) is -1.17. The molecule has 0 spiro atoms. The number of nitrogens with one attached hydrogen (secondary N) is 4. The molecular formula is C33H36N4O5. The molecule has 1 aliphatic rings. The Balaban J connectivity index is 1.67. The summed E-state index contributed by atoms with van der Waals surface area (Å²) in [4.78, 5) is 50.6. The standard InChI is InChI=1S/C33H36N4O5/c1-5-20(4)30-25(21-12-6-7-15-24(21)31(39)36-30)18-28(38)34-26-16-10-8-13-22(26)23-14-9-11-17-27(23)35-32(40)29(19(2)3)37-33(41)42/h6-20,29-30,37H,5H2,1-4H3,(H,34,38)(H,35,40)(H,36,39)(H,41,42). The van der Waals surface area contributed by atoms with Crippen molar-refractivity contribution in [3.8, 4) is 11.1 Å². The average molecular weight is 569 g/mol. The number of para-hydroxylation sites is 2. The molecule has 9 nitrogen and oxygen atoms in total. The molecular weight excluding hydrogens is 532 g/mol. The first-order valence-corrected chi connectivity index (χ1v) is 14.0. The summed E-state index contributed by atoms with van der Waals surface area (Å²) >= 11 is 0. The highest BCUT2D eigenvalue weighted by Crippen LogP contribution is 2.35. The molecule has 42 heavy (non-hydrogen) atoms. The zero-order valence-corrected chi connectivity index (χ0v) is 24.1. The second-order valence-corrected chi connectivity index (χ2v) is 10.7. The summed E-state index contributed by atoms with van der Waals surface area (Å²) in [6, 6.07) is 20.4. The van der Waals surface area contributed by atoms with Gasteiger partial charge in [-0.1, -0.05) is 88.7 Å². The van der Waals surface area contributed by atoms with Crippen molar-refractivity contribution >= 4 is 40.8 Å². The molecule has 0 bridgehead atoms. The van der Waals surface area contributed by atoms with Crippen LogP contribution in [0.3, 0.4) is 0 Å². The van der Waals surface area contributed by atoms with Crippen molar-refractivity contribution in [3.63, 3.8) is 0 Å². The van der Waals surface area contributed by atoms with Gasteiger partial charge in [-0.05, 0) is 41.2 Å². The van der Waals surface area contributed by atoms with Gasteiger partial charge in [0.25, 0.3) is 5.91 Å². The van der Waals surface area contributed by atoms with Crippen LogP contribution in [0.5, 0.6) is 0 Å². The Kier molecular flexibility index (Phi) is 9.42. The van der Waals surface area contributed by atoms with Crippen LogP contribution in [-0.2, 0) is 9.59 Å². The van der Waals surface area contributed by atoms with E-state index in [1.165, 1.54) is 0 Å². The lowest BCUT2D eigenvalue weighted by molar-refractivity contribution is -0.119. The van der Waals surface area contributed by atoms with Gasteiger partial charge >= 0.3 is 6.09 Å². The fourth-order valence-electron chi connectivity index (χ4n) is 5.09. The lowest BCUT2D eigenvalue weighted by Gasteiger charge is -2.32. The highest BCUT2D eigenvalue weighted by atomic mass is 16.4. The van der Waals surface area contributed by atoms with Gasteiger partial charge in [0.15, 0.2) is 0 Å². The van der Waals surface area contributed by atoms with Crippen molar-refractivity contribution < 1.29 is 24.3 Å². The van der Waals surface area contributed by atoms with Gasteiger partial charge in [-0.3, -0.25) is 14.4 Å². The molecule has 3 atom stereocenters. The molecule has 0 aromatic heterocycles. The minimum Gasteiger partial charge on any atom is -0.465 e. The molecule has 3 aromatic rings. The molecule has 218 valence electrons. The number of fused-ring (bicyclic) bond motifs is 1. The van der Waals surface area contributed by atoms with Crippen LogP contribution in [0.1, 0.15) is 50.0 Å². The topological polar surface area (TPSA) is 137 Å². The summed E-state index contributed by atoms with van der Waals surface area (Å²) in [6.07, 6.45) is 1.08. The van der Waals surface area contributed by atoms with Crippen molar-refractivity contribution in [2.24, 2.45) is 11.8 Å². The Morgan fingerprint density at radius 1 is 0.833 bits per heavy atom. The maximum atomic E-state index is 13.5. The van der Waals surface area contributed by atoms with Crippen molar-refractivity contribution in [2.75, 3.05) is 10.6 Å². The molecule has 5 N–H and O–H groups in total. The Morgan fingerprint density at radius 3 is 1.90 bits per heavy atom. The molecule has 1 aliphatic heterocycles. The summed E-state index contributed by atoms with van der Waals surface area (Å²) in [7, 11) is 0. The number of amides is 4. The van der Waals surface area contributed by atoms with E-state index in [1.54, 1.807) is 56.3 Å². The highest BCUT2D eigenvalue weighted by Gasteiger charge is 2.32. The van der Waals surface area contributed by atoms with Gasteiger partial charge in [0.1, 0.15) is 6.04 Å². The van der Waals surface area contributed by atoms with E-state index in [2.05, 4.69) is 21.3 Å². The predicted molar refractivity (Wildman–Crippen MR) is 164 cm³/mol. The molecule has 3 aromatic carbocycles. The molecule has 9 heteroatoms. The number of rotatable bonds is 9. The molecule has 0 saturated carbocycles. The molecule has 0 aliphatic carbocycles. The van der Waals surface area contributed by atoms with Crippen LogP contribution >= 0.6 is 0 Å². The summed E-state index contributed by atoms with van der Waals surface area (Å²) < 4.78 is 0. The quantitative estimate of drug-likeness (QED) is 0.209. The van der Waals surface area contributed by atoms with Crippen LogP contribution < -0.4 is 21.3 Å². The van der Waals surface area contributed by atoms with Crippen LogP contribution in [-0.4, -0.2) is 41.0 Å². The normalized spacial score (nSPS) is 16.6. The summed E-state index contributed by atoms with van der Waals surface area (Å²) in [5, 5.41) is 20.4. The summed E-state index contributed by atoms with van der Waals surface area (Å²) in [6.45, 7) is 7.60. The van der Waals surface area contributed by atoms with Gasteiger partial charge in [0.05, 0.1) is 6.04 Å². The first-order valence-electron chi connectivity index (χ1n) is 14.0. The van der Waals surface area contributed by atoms with Crippen LogP contribution in [0.2, 0.25) is 0 Å². The van der Waals surface area contributed by atoms with Gasteiger partial charge in [0, 0.05) is 34.1 Å². The zero-order chi connectivity index (χ0) is 30.4. The van der Waals surface area contributed by atoms with Crippen molar-refractivity contribution in [1.82, 2.24) is 10.6 Å². The number of carbonyl (C=O) groups is 4. The molecule has 0 radical (unpaired) electrons. The SMILES string of the molecule is CCC(C)C1NC(=O)c2ccccc2C1=CC(=O)Nc1ccccc1-c1ccccc1NC(=O)C(NC(=O)O)C(C)C. The van der Waals surface area contributed by atoms with E-state index in [9.17, 15) is 24.3 Å². The third-order valence-corrected chi connectivity index (χ3v) is 7.49. The monoisotopic (exact) mass is 568 g/mol. The molecule has 3 unspecified atom stereocenters. The number of benzene rings is 3.